The lowest BCUT2D eigenvalue weighted by Gasteiger charge is -2.05. The van der Waals surface area contributed by atoms with Crippen LogP contribution in [0.2, 0.25) is 0 Å². The summed E-state index contributed by atoms with van der Waals surface area (Å²) in [7, 11) is 1.60. The topological polar surface area (TPSA) is 62.8 Å². The molecule has 4 rings (SSSR count). The van der Waals surface area contributed by atoms with Gasteiger partial charge in [0, 0.05) is 29.4 Å². The third-order valence-corrected chi connectivity index (χ3v) is 4.05. The summed E-state index contributed by atoms with van der Waals surface area (Å²) in [6.45, 7) is 2.10. The summed E-state index contributed by atoms with van der Waals surface area (Å²) in [5.41, 5.74) is 5.39. The standard InChI is InChI=1S/C20H18N4O/c1-13-4-3-5-14(8-13)17-9-15-11-21-19(10-18(15)24-17)23-16-6-7-20(25-2)22-12-16/h3-12,24H,1-2H3,(H,21,23). The van der Waals surface area contributed by atoms with Crippen molar-refractivity contribution in [1.82, 2.24) is 15.0 Å². The molecule has 4 aromatic rings. The van der Waals surface area contributed by atoms with Crippen LogP contribution >= 0.6 is 0 Å². The number of ether oxygens (including phenoxy) is 1. The van der Waals surface area contributed by atoms with Gasteiger partial charge in [-0.15, -0.1) is 0 Å². The van der Waals surface area contributed by atoms with E-state index in [1.165, 1.54) is 11.1 Å². The normalized spacial score (nSPS) is 10.8. The summed E-state index contributed by atoms with van der Waals surface area (Å²) < 4.78 is 5.07. The molecule has 0 saturated heterocycles. The maximum atomic E-state index is 5.07. The number of aryl methyl sites for hydroxylation is 1. The van der Waals surface area contributed by atoms with Gasteiger partial charge in [-0.05, 0) is 30.7 Å². The zero-order chi connectivity index (χ0) is 17.2. The van der Waals surface area contributed by atoms with E-state index in [1.54, 1.807) is 13.3 Å². The summed E-state index contributed by atoms with van der Waals surface area (Å²) in [6, 6.07) is 16.3. The highest BCUT2D eigenvalue weighted by Crippen LogP contribution is 2.26. The predicted octanol–water partition coefficient (Wildman–Crippen LogP) is 4.69. The summed E-state index contributed by atoms with van der Waals surface area (Å²) in [4.78, 5) is 12.1. The number of nitrogens with one attached hydrogen (secondary N) is 2. The average molecular weight is 330 g/mol. The number of aromatic nitrogens is 3. The Balaban J connectivity index is 1.63. The van der Waals surface area contributed by atoms with E-state index in [4.69, 9.17) is 4.74 Å². The van der Waals surface area contributed by atoms with Gasteiger partial charge < -0.3 is 15.0 Å². The van der Waals surface area contributed by atoms with E-state index < -0.39 is 0 Å². The number of hydrogen-bond acceptors (Lipinski definition) is 4. The second-order valence-corrected chi connectivity index (χ2v) is 5.92. The molecule has 0 unspecified atom stereocenters. The molecule has 3 aromatic heterocycles. The zero-order valence-electron chi connectivity index (χ0n) is 14.1. The number of anilines is 2. The zero-order valence-corrected chi connectivity index (χ0v) is 14.1. The van der Waals surface area contributed by atoms with Crippen molar-refractivity contribution in [3.63, 3.8) is 0 Å². The first-order valence-electron chi connectivity index (χ1n) is 8.04. The van der Waals surface area contributed by atoms with Gasteiger partial charge in [-0.25, -0.2) is 9.97 Å². The fraction of sp³-hybridized carbons (Fsp3) is 0.100. The molecule has 0 spiro atoms. The summed E-state index contributed by atoms with van der Waals surface area (Å²) in [6.07, 6.45) is 3.59. The highest BCUT2D eigenvalue weighted by atomic mass is 16.5. The Kier molecular flexibility index (Phi) is 3.82. The van der Waals surface area contributed by atoms with Crippen LogP contribution in [0.5, 0.6) is 5.88 Å². The Morgan fingerprint density at radius 1 is 1.00 bits per heavy atom. The van der Waals surface area contributed by atoms with Gasteiger partial charge in [0.1, 0.15) is 5.82 Å². The summed E-state index contributed by atoms with van der Waals surface area (Å²) >= 11 is 0. The second-order valence-electron chi connectivity index (χ2n) is 5.92. The lowest BCUT2D eigenvalue weighted by molar-refractivity contribution is 0.398. The quantitative estimate of drug-likeness (QED) is 0.570. The number of hydrogen-bond donors (Lipinski definition) is 2. The van der Waals surface area contributed by atoms with Crippen molar-refractivity contribution >= 4 is 22.4 Å². The lowest BCUT2D eigenvalue weighted by Crippen LogP contribution is -1.94. The molecule has 3 heterocycles. The highest BCUT2D eigenvalue weighted by Gasteiger charge is 2.06. The van der Waals surface area contributed by atoms with Crippen molar-refractivity contribution in [2.45, 2.75) is 6.92 Å². The predicted molar refractivity (Wildman–Crippen MR) is 100 cm³/mol. The SMILES string of the molecule is COc1ccc(Nc2cc3[nH]c(-c4cccc(C)c4)cc3cn2)cn1. The van der Waals surface area contributed by atoms with Gasteiger partial charge in [0.05, 0.1) is 24.5 Å². The molecule has 0 atom stereocenters. The molecule has 25 heavy (non-hydrogen) atoms. The number of pyridine rings is 2. The maximum absolute atomic E-state index is 5.07. The van der Waals surface area contributed by atoms with Gasteiger partial charge in [-0.1, -0.05) is 23.8 Å². The van der Waals surface area contributed by atoms with Crippen LogP contribution in [-0.2, 0) is 0 Å². The molecular weight excluding hydrogens is 312 g/mol. The first-order chi connectivity index (χ1) is 12.2. The third-order valence-electron chi connectivity index (χ3n) is 4.05. The van der Waals surface area contributed by atoms with Crippen molar-refractivity contribution in [3.8, 4) is 17.1 Å². The van der Waals surface area contributed by atoms with Crippen LogP contribution in [0, 0.1) is 6.92 Å². The molecule has 0 radical (unpaired) electrons. The minimum absolute atomic E-state index is 0.584. The van der Waals surface area contributed by atoms with Gasteiger partial charge in [0.2, 0.25) is 5.88 Å². The molecule has 0 bridgehead atoms. The smallest absolute Gasteiger partial charge is 0.213 e. The maximum Gasteiger partial charge on any atom is 0.213 e. The van der Waals surface area contributed by atoms with Gasteiger partial charge in [0.15, 0.2) is 0 Å². The largest absolute Gasteiger partial charge is 0.481 e. The van der Waals surface area contributed by atoms with Gasteiger partial charge >= 0.3 is 0 Å². The Hall–Kier alpha value is -3.34. The molecule has 2 N–H and O–H groups in total. The second kappa shape index (κ2) is 6.28. The van der Waals surface area contributed by atoms with Crippen LogP contribution < -0.4 is 10.1 Å². The van der Waals surface area contributed by atoms with Gasteiger partial charge in [0.25, 0.3) is 0 Å². The molecule has 1 aromatic carbocycles. The van der Waals surface area contributed by atoms with Crippen molar-refractivity contribution in [3.05, 3.63) is 66.5 Å². The van der Waals surface area contributed by atoms with Crippen molar-refractivity contribution in [2.24, 2.45) is 0 Å². The molecule has 0 aliphatic carbocycles. The summed E-state index contributed by atoms with van der Waals surface area (Å²) in [5, 5.41) is 4.33. The number of nitrogens with zero attached hydrogens (tertiary/aromatic N) is 2. The molecule has 5 heteroatoms. The van der Waals surface area contributed by atoms with Gasteiger partial charge in [-0.3, -0.25) is 0 Å². The van der Waals surface area contributed by atoms with Crippen molar-refractivity contribution in [1.29, 1.82) is 0 Å². The number of rotatable bonds is 4. The van der Waals surface area contributed by atoms with Crippen LogP contribution in [0.15, 0.2) is 60.9 Å². The Morgan fingerprint density at radius 3 is 2.68 bits per heavy atom. The van der Waals surface area contributed by atoms with E-state index in [2.05, 4.69) is 57.5 Å². The number of aromatic amines is 1. The van der Waals surface area contributed by atoms with Crippen LogP contribution in [0.25, 0.3) is 22.2 Å². The molecule has 0 amide bonds. The Morgan fingerprint density at radius 2 is 1.92 bits per heavy atom. The first kappa shape index (κ1) is 15.2. The first-order valence-corrected chi connectivity index (χ1v) is 8.04. The highest BCUT2D eigenvalue weighted by molar-refractivity contribution is 5.87. The van der Waals surface area contributed by atoms with Crippen LogP contribution in [0.4, 0.5) is 11.5 Å². The number of H-pyrrole nitrogens is 1. The van der Waals surface area contributed by atoms with E-state index in [0.717, 1.165) is 28.1 Å². The minimum Gasteiger partial charge on any atom is -0.481 e. The van der Waals surface area contributed by atoms with Crippen LogP contribution in [0.3, 0.4) is 0 Å². The molecular formula is C20H18N4O. The van der Waals surface area contributed by atoms with E-state index in [9.17, 15) is 0 Å². The fourth-order valence-electron chi connectivity index (χ4n) is 2.79. The van der Waals surface area contributed by atoms with Gasteiger partial charge in [-0.2, -0.15) is 0 Å². The third kappa shape index (κ3) is 3.17. The lowest BCUT2D eigenvalue weighted by atomic mass is 10.1. The molecule has 5 nitrogen and oxygen atoms in total. The molecule has 124 valence electrons. The fourth-order valence-corrected chi connectivity index (χ4v) is 2.79. The molecule has 0 aliphatic heterocycles. The van der Waals surface area contributed by atoms with Crippen LogP contribution in [0.1, 0.15) is 5.56 Å². The number of benzene rings is 1. The average Bonchev–Trinajstić information content (AvgIpc) is 3.06. The Bertz CT molecular complexity index is 1020. The van der Waals surface area contributed by atoms with Crippen molar-refractivity contribution < 1.29 is 4.74 Å². The van der Waals surface area contributed by atoms with E-state index in [-0.39, 0.29) is 0 Å². The van der Waals surface area contributed by atoms with Crippen LogP contribution in [-0.4, -0.2) is 22.1 Å². The van der Waals surface area contributed by atoms with E-state index in [1.807, 2.05) is 24.4 Å². The molecule has 0 aliphatic rings. The Labute approximate surface area is 145 Å². The number of methoxy groups -OCH3 is 1. The van der Waals surface area contributed by atoms with E-state index in [0.29, 0.717) is 5.88 Å². The number of fused-ring (bicyclic) bond motifs is 1. The minimum atomic E-state index is 0.584. The summed E-state index contributed by atoms with van der Waals surface area (Å²) in [5.74, 6) is 1.35. The molecule has 0 saturated carbocycles. The van der Waals surface area contributed by atoms with Crippen molar-refractivity contribution in [2.75, 3.05) is 12.4 Å². The van der Waals surface area contributed by atoms with E-state index >= 15 is 0 Å². The molecule has 0 fully saturated rings. The monoisotopic (exact) mass is 330 g/mol.